The van der Waals surface area contributed by atoms with Gasteiger partial charge >= 0.3 is 0 Å². The molecule has 1 aliphatic rings. The summed E-state index contributed by atoms with van der Waals surface area (Å²) >= 11 is 1.70. The van der Waals surface area contributed by atoms with E-state index in [1.165, 1.54) is 17.7 Å². The zero-order chi connectivity index (χ0) is 13.8. The number of nitrogen functional groups attached to an aromatic ring is 1. The zero-order valence-corrected chi connectivity index (χ0v) is 11.9. The van der Waals surface area contributed by atoms with Crippen molar-refractivity contribution in [2.24, 2.45) is 5.84 Å². The summed E-state index contributed by atoms with van der Waals surface area (Å²) in [6.45, 7) is 2.67. The predicted octanol–water partition coefficient (Wildman–Crippen LogP) is 1.43. The molecule has 0 aromatic carbocycles. The molecule has 2 aromatic heterocycles. The van der Waals surface area contributed by atoms with Crippen LogP contribution in [0.4, 0.5) is 17.8 Å². The number of thiophene rings is 1. The zero-order valence-electron chi connectivity index (χ0n) is 11.0. The first-order chi connectivity index (χ1) is 9.85. The van der Waals surface area contributed by atoms with Gasteiger partial charge in [0.1, 0.15) is 0 Å². The van der Waals surface area contributed by atoms with Crippen LogP contribution >= 0.6 is 11.3 Å². The smallest absolute Gasteiger partial charge is 0.243 e. The van der Waals surface area contributed by atoms with Crippen molar-refractivity contribution in [2.75, 3.05) is 28.7 Å². The van der Waals surface area contributed by atoms with Crippen molar-refractivity contribution in [3.8, 4) is 0 Å². The number of nitrogens with two attached hydrogens (primary N) is 1. The Morgan fingerprint density at radius 3 is 2.70 bits per heavy atom. The van der Waals surface area contributed by atoms with Crippen LogP contribution in [0.2, 0.25) is 0 Å². The molecule has 4 N–H and O–H groups in total. The SMILES string of the molecule is NNc1nc(NCc2cccs2)nc(N2CCCC2)n1. The number of hydrogen-bond acceptors (Lipinski definition) is 8. The second-order valence-electron chi connectivity index (χ2n) is 4.55. The van der Waals surface area contributed by atoms with Gasteiger partial charge < -0.3 is 10.2 Å². The normalized spacial score (nSPS) is 14.6. The van der Waals surface area contributed by atoms with E-state index in [-0.39, 0.29) is 0 Å². The van der Waals surface area contributed by atoms with Gasteiger partial charge in [-0.05, 0) is 24.3 Å². The van der Waals surface area contributed by atoms with Gasteiger partial charge in [0.2, 0.25) is 17.8 Å². The van der Waals surface area contributed by atoms with Gasteiger partial charge in [-0.3, -0.25) is 5.43 Å². The molecule has 0 amide bonds. The Hall–Kier alpha value is -1.93. The van der Waals surface area contributed by atoms with Crippen molar-refractivity contribution in [1.82, 2.24) is 15.0 Å². The highest BCUT2D eigenvalue weighted by Gasteiger charge is 2.17. The van der Waals surface area contributed by atoms with Crippen molar-refractivity contribution < 1.29 is 0 Å². The number of anilines is 3. The van der Waals surface area contributed by atoms with Crippen molar-refractivity contribution in [3.05, 3.63) is 22.4 Å². The molecule has 106 valence electrons. The number of aromatic nitrogens is 3. The number of hydrogen-bond donors (Lipinski definition) is 3. The summed E-state index contributed by atoms with van der Waals surface area (Å²) in [7, 11) is 0. The van der Waals surface area contributed by atoms with Gasteiger partial charge in [0.15, 0.2) is 0 Å². The fraction of sp³-hybridized carbons (Fsp3) is 0.417. The van der Waals surface area contributed by atoms with Crippen LogP contribution in [0.25, 0.3) is 0 Å². The Bertz CT molecular complexity index is 551. The maximum Gasteiger partial charge on any atom is 0.243 e. The third-order valence-electron chi connectivity index (χ3n) is 3.14. The quantitative estimate of drug-likeness (QED) is 0.567. The standard InChI is InChI=1S/C12H17N7S/c13-18-11-15-10(14-8-9-4-3-7-20-9)16-12(17-11)19-5-1-2-6-19/h3-4,7H,1-2,5-6,8,13H2,(H2,14,15,16,17,18). The predicted molar refractivity (Wildman–Crippen MR) is 80.7 cm³/mol. The molecule has 3 heterocycles. The van der Waals surface area contributed by atoms with Crippen LogP contribution in [0.3, 0.4) is 0 Å². The van der Waals surface area contributed by atoms with Gasteiger partial charge in [0.25, 0.3) is 0 Å². The van der Waals surface area contributed by atoms with E-state index < -0.39 is 0 Å². The highest BCUT2D eigenvalue weighted by Crippen LogP contribution is 2.19. The molecule has 0 aliphatic carbocycles. The molecule has 0 atom stereocenters. The maximum absolute atomic E-state index is 5.43. The summed E-state index contributed by atoms with van der Waals surface area (Å²) in [4.78, 5) is 16.4. The molecule has 1 saturated heterocycles. The second kappa shape index (κ2) is 6.02. The second-order valence-corrected chi connectivity index (χ2v) is 5.59. The minimum Gasteiger partial charge on any atom is -0.349 e. The van der Waals surface area contributed by atoms with Crippen molar-refractivity contribution in [2.45, 2.75) is 19.4 Å². The minimum atomic E-state index is 0.385. The van der Waals surface area contributed by atoms with E-state index in [0.29, 0.717) is 24.4 Å². The molecular formula is C12H17N7S. The minimum absolute atomic E-state index is 0.385. The monoisotopic (exact) mass is 291 g/mol. The summed E-state index contributed by atoms with van der Waals surface area (Å²) < 4.78 is 0. The first-order valence-electron chi connectivity index (χ1n) is 6.59. The average molecular weight is 291 g/mol. The lowest BCUT2D eigenvalue weighted by atomic mass is 10.4. The average Bonchev–Trinajstić information content (AvgIpc) is 3.17. The molecule has 2 aromatic rings. The van der Waals surface area contributed by atoms with E-state index in [1.807, 2.05) is 11.4 Å². The third-order valence-corrected chi connectivity index (χ3v) is 4.02. The molecule has 0 bridgehead atoms. The van der Waals surface area contributed by atoms with Gasteiger partial charge in [-0.1, -0.05) is 6.07 Å². The molecule has 0 spiro atoms. The van der Waals surface area contributed by atoms with E-state index in [1.54, 1.807) is 11.3 Å². The van der Waals surface area contributed by atoms with E-state index in [0.717, 1.165) is 13.1 Å². The number of nitrogens with one attached hydrogen (secondary N) is 2. The Morgan fingerprint density at radius 1 is 1.20 bits per heavy atom. The maximum atomic E-state index is 5.43. The Balaban J connectivity index is 1.76. The van der Waals surface area contributed by atoms with Crippen LogP contribution in [0.1, 0.15) is 17.7 Å². The summed E-state index contributed by atoms with van der Waals surface area (Å²) in [5, 5.41) is 5.26. The van der Waals surface area contributed by atoms with Crippen molar-refractivity contribution >= 4 is 29.2 Å². The number of rotatable bonds is 5. The lowest BCUT2D eigenvalue weighted by molar-refractivity contribution is 0.876. The van der Waals surface area contributed by atoms with Gasteiger partial charge in [-0.2, -0.15) is 15.0 Å². The van der Waals surface area contributed by atoms with E-state index in [2.05, 4.69) is 36.7 Å². The molecule has 1 fully saturated rings. The van der Waals surface area contributed by atoms with Crippen molar-refractivity contribution in [1.29, 1.82) is 0 Å². The molecule has 0 unspecified atom stereocenters. The molecule has 0 saturated carbocycles. The summed E-state index contributed by atoms with van der Waals surface area (Å²) in [6.07, 6.45) is 2.35. The van der Waals surface area contributed by atoms with E-state index in [4.69, 9.17) is 5.84 Å². The molecule has 3 rings (SSSR count). The molecule has 20 heavy (non-hydrogen) atoms. The fourth-order valence-corrected chi connectivity index (χ4v) is 2.79. The van der Waals surface area contributed by atoms with Crippen LogP contribution in [-0.2, 0) is 6.54 Å². The third kappa shape index (κ3) is 2.97. The first-order valence-corrected chi connectivity index (χ1v) is 7.47. The topological polar surface area (TPSA) is 92.0 Å². The summed E-state index contributed by atoms with van der Waals surface area (Å²) in [5.41, 5.74) is 2.50. The lowest BCUT2D eigenvalue weighted by Gasteiger charge is -2.16. The van der Waals surface area contributed by atoms with Crippen LogP contribution in [0, 0.1) is 0 Å². The molecular weight excluding hydrogens is 274 g/mol. The summed E-state index contributed by atoms with van der Waals surface area (Å²) in [6, 6.07) is 4.10. The molecule has 7 nitrogen and oxygen atoms in total. The van der Waals surface area contributed by atoms with Crippen LogP contribution in [0.5, 0.6) is 0 Å². The molecule has 8 heteroatoms. The fourth-order valence-electron chi connectivity index (χ4n) is 2.15. The highest BCUT2D eigenvalue weighted by molar-refractivity contribution is 7.09. The Morgan fingerprint density at radius 2 is 2.00 bits per heavy atom. The van der Waals surface area contributed by atoms with Crippen LogP contribution < -0.4 is 21.5 Å². The van der Waals surface area contributed by atoms with Gasteiger partial charge in [-0.25, -0.2) is 5.84 Å². The van der Waals surface area contributed by atoms with Gasteiger partial charge in [0, 0.05) is 18.0 Å². The lowest BCUT2D eigenvalue weighted by Crippen LogP contribution is -2.23. The largest absolute Gasteiger partial charge is 0.349 e. The Kier molecular flexibility index (Phi) is 3.93. The number of nitrogens with zero attached hydrogens (tertiary/aromatic N) is 4. The van der Waals surface area contributed by atoms with Crippen LogP contribution in [-0.4, -0.2) is 28.0 Å². The van der Waals surface area contributed by atoms with E-state index in [9.17, 15) is 0 Å². The first kappa shape index (κ1) is 13.1. The molecule has 1 aliphatic heterocycles. The Labute approximate surface area is 121 Å². The van der Waals surface area contributed by atoms with E-state index >= 15 is 0 Å². The van der Waals surface area contributed by atoms with Gasteiger partial charge in [0.05, 0.1) is 6.54 Å². The molecule has 0 radical (unpaired) electrons. The highest BCUT2D eigenvalue weighted by atomic mass is 32.1. The van der Waals surface area contributed by atoms with Gasteiger partial charge in [-0.15, -0.1) is 11.3 Å². The van der Waals surface area contributed by atoms with Crippen molar-refractivity contribution in [3.63, 3.8) is 0 Å². The summed E-state index contributed by atoms with van der Waals surface area (Å²) in [5.74, 6) is 7.04. The van der Waals surface area contributed by atoms with Crippen LogP contribution in [0.15, 0.2) is 17.5 Å². The number of hydrazine groups is 1.